The Morgan fingerprint density at radius 2 is 1.30 bits per heavy atom. The number of aromatic amines is 1. The first-order valence-corrected chi connectivity index (χ1v) is 6.75. The summed E-state index contributed by atoms with van der Waals surface area (Å²) in [5.41, 5.74) is 0. The smallest absolute Gasteiger partial charge is 0.160 e. The highest BCUT2D eigenvalue weighted by Crippen LogP contribution is 2.23. The molecule has 3 rings (SSSR count). The van der Waals surface area contributed by atoms with Crippen LogP contribution in [0.3, 0.4) is 0 Å². The Labute approximate surface area is 135 Å². The van der Waals surface area contributed by atoms with Gasteiger partial charge in [-0.25, -0.2) is 4.98 Å². The topological polar surface area (TPSA) is 87.6 Å². The Balaban J connectivity index is 0.000000180. The van der Waals surface area contributed by atoms with E-state index < -0.39 is 0 Å². The number of phenols is 2. The molecule has 0 unspecified atom stereocenters. The molecule has 0 bridgehead atoms. The normalized spacial score (nSPS) is 8.78. The number of nitrogens with zero attached hydrogens (tertiary/aromatic N) is 1. The van der Waals surface area contributed by atoms with Crippen LogP contribution in [-0.4, -0.2) is 34.4 Å². The standard InChI is InChI=1S/2C7H8O2.C3H4N2/c2*1-9-7-5-3-2-4-6(7)8;1-2-5-3-4-1/h2*2-5,8H,1H3;1-3H,(H,4,5). The average Bonchev–Trinajstić information content (AvgIpc) is 3.16. The first-order chi connectivity index (χ1) is 11.2. The number of H-pyrrole nitrogens is 1. The highest BCUT2D eigenvalue weighted by Gasteiger charge is 1.94. The fourth-order valence-corrected chi connectivity index (χ4v) is 1.47. The summed E-state index contributed by atoms with van der Waals surface area (Å²) in [6.45, 7) is 0. The van der Waals surface area contributed by atoms with E-state index in [2.05, 4.69) is 9.97 Å². The van der Waals surface area contributed by atoms with E-state index >= 15 is 0 Å². The van der Waals surface area contributed by atoms with Crippen LogP contribution in [0.25, 0.3) is 0 Å². The lowest BCUT2D eigenvalue weighted by Gasteiger charge is -1.99. The summed E-state index contributed by atoms with van der Waals surface area (Å²) in [7, 11) is 3.05. The molecule has 0 fully saturated rings. The first-order valence-electron chi connectivity index (χ1n) is 6.75. The van der Waals surface area contributed by atoms with Crippen molar-refractivity contribution in [1.82, 2.24) is 9.97 Å². The second-order valence-corrected chi connectivity index (χ2v) is 4.10. The summed E-state index contributed by atoms with van der Waals surface area (Å²) in [4.78, 5) is 6.42. The third kappa shape index (κ3) is 6.90. The van der Waals surface area contributed by atoms with Crippen LogP contribution in [0.15, 0.2) is 67.3 Å². The van der Waals surface area contributed by atoms with Gasteiger partial charge in [0.1, 0.15) is 0 Å². The van der Waals surface area contributed by atoms with Gasteiger partial charge in [-0.3, -0.25) is 0 Å². The van der Waals surface area contributed by atoms with Crippen LogP contribution >= 0.6 is 0 Å². The molecule has 23 heavy (non-hydrogen) atoms. The van der Waals surface area contributed by atoms with Crippen molar-refractivity contribution >= 4 is 0 Å². The number of hydrogen-bond donors (Lipinski definition) is 3. The minimum absolute atomic E-state index is 0.181. The number of aromatic nitrogens is 2. The SMILES string of the molecule is COc1ccccc1O.COc1ccccc1O.c1c[nH]cn1. The van der Waals surface area contributed by atoms with Crippen molar-refractivity contribution in [1.29, 1.82) is 0 Å². The fraction of sp³-hybridized carbons (Fsp3) is 0.118. The van der Waals surface area contributed by atoms with E-state index in [9.17, 15) is 0 Å². The van der Waals surface area contributed by atoms with Crippen molar-refractivity contribution in [3.63, 3.8) is 0 Å². The van der Waals surface area contributed by atoms with Gasteiger partial charge in [0.25, 0.3) is 0 Å². The Hall–Kier alpha value is -3.15. The van der Waals surface area contributed by atoms with Crippen molar-refractivity contribution in [3.05, 3.63) is 67.3 Å². The molecule has 0 atom stereocenters. The number of hydrogen-bond acceptors (Lipinski definition) is 5. The highest BCUT2D eigenvalue weighted by atomic mass is 16.5. The zero-order valence-corrected chi connectivity index (χ0v) is 13.0. The van der Waals surface area contributed by atoms with Gasteiger partial charge in [0, 0.05) is 12.4 Å². The van der Waals surface area contributed by atoms with E-state index in [0.717, 1.165) is 0 Å². The zero-order valence-electron chi connectivity index (χ0n) is 13.0. The predicted octanol–water partition coefficient (Wildman–Crippen LogP) is 3.21. The van der Waals surface area contributed by atoms with Gasteiger partial charge >= 0.3 is 0 Å². The summed E-state index contributed by atoms with van der Waals surface area (Å²) >= 11 is 0. The summed E-state index contributed by atoms with van der Waals surface area (Å²) in [5, 5.41) is 18.0. The number of imidazole rings is 1. The molecule has 3 N–H and O–H groups in total. The molecule has 0 spiro atoms. The molecule has 0 saturated heterocycles. The van der Waals surface area contributed by atoms with Crippen LogP contribution in [0.4, 0.5) is 0 Å². The molecule has 0 aliphatic carbocycles. The van der Waals surface area contributed by atoms with Gasteiger partial charge in [-0.05, 0) is 24.3 Å². The monoisotopic (exact) mass is 316 g/mol. The summed E-state index contributed by atoms with van der Waals surface area (Å²) in [6.07, 6.45) is 5.08. The first kappa shape index (κ1) is 17.9. The van der Waals surface area contributed by atoms with Gasteiger partial charge in [0.2, 0.25) is 0 Å². The van der Waals surface area contributed by atoms with Gasteiger partial charge in [-0.15, -0.1) is 0 Å². The zero-order chi connectivity index (χ0) is 16.9. The minimum Gasteiger partial charge on any atom is -0.504 e. The number of aromatic hydroxyl groups is 2. The van der Waals surface area contributed by atoms with Crippen LogP contribution in [0.1, 0.15) is 0 Å². The van der Waals surface area contributed by atoms with E-state index in [1.165, 1.54) is 14.2 Å². The summed E-state index contributed by atoms with van der Waals surface area (Å²) in [6, 6.07) is 13.7. The molecule has 0 saturated carbocycles. The lowest BCUT2D eigenvalue weighted by atomic mass is 10.3. The number of methoxy groups -OCH3 is 2. The lowest BCUT2D eigenvalue weighted by molar-refractivity contribution is 0.373. The second kappa shape index (κ2) is 10.6. The number of rotatable bonds is 2. The molecule has 0 radical (unpaired) electrons. The maximum atomic E-state index is 8.99. The molecule has 3 aromatic rings. The van der Waals surface area contributed by atoms with Gasteiger partial charge in [-0.2, -0.15) is 0 Å². The van der Waals surface area contributed by atoms with E-state index in [1.807, 2.05) is 0 Å². The van der Waals surface area contributed by atoms with Crippen LogP contribution in [0.5, 0.6) is 23.0 Å². The Kier molecular flexibility index (Phi) is 8.22. The number of para-hydroxylation sites is 4. The molecule has 0 aliphatic rings. The molecule has 6 heteroatoms. The maximum Gasteiger partial charge on any atom is 0.160 e. The van der Waals surface area contributed by atoms with Crippen LogP contribution in [-0.2, 0) is 0 Å². The Morgan fingerprint density at radius 1 is 0.826 bits per heavy atom. The number of ether oxygens (including phenoxy) is 2. The molecular weight excluding hydrogens is 296 g/mol. The molecule has 122 valence electrons. The van der Waals surface area contributed by atoms with Gasteiger partial charge < -0.3 is 24.7 Å². The predicted molar refractivity (Wildman–Crippen MR) is 87.9 cm³/mol. The molecule has 0 aliphatic heterocycles. The summed E-state index contributed by atoms with van der Waals surface area (Å²) in [5.74, 6) is 1.38. The van der Waals surface area contributed by atoms with Gasteiger partial charge in [0.15, 0.2) is 23.0 Å². The van der Waals surface area contributed by atoms with E-state index in [1.54, 1.807) is 67.3 Å². The van der Waals surface area contributed by atoms with Crippen molar-refractivity contribution in [2.45, 2.75) is 0 Å². The molecule has 0 amide bonds. The number of nitrogens with one attached hydrogen (secondary N) is 1. The fourth-order valence-electron chi connectivity index (χ4n) is 1.47. The maximum absolute atomic E-state index is 8.99. The van der Waals surface area contributed by atoms with Crippen LogP contribution in [0.2, 0.25) is 0 Å². The van der Waals surface area contributed by atoms with Crippen molar-refractivity contribution in [2.24, 2.45) is 0 Å². The molecular formula is C17H20N2O4. The van der Waals surface area contributed by atoms with E-state index in [-0.39, 0.29) is 11.5 Å². The minimum atomic E-state index is 0.181. The molecule has 1 heterocycles. The van der Waals surface area contributed by atoms with Crippen molar-refractivity contribution in [2.75, 3.05) is 14.2 Å². The van der Waals surface area contributed by atoms with Crippen LogP contribution in [0, 0.1) is 0 Å². The largest absolute Gasteiger partial charge is 0.504 e. The van der Waals surface area contributed by atoms with Crippen LogP contribution < -0.4 is 9.47 Å². The molecule has 1 aromatic heterocycles. The molecule has 6 nitrogen and oxygen atoms in total. The van der Waals surface area contributed by atoms with Gasteiger partial charge in [-0.1, -0.05) is 24.3 Å². The lowest BCUT2D eigenvalue weighted by Crippen LogP contribution is -1.80. The third-order valence-corrected chi connectivity index (χ3v) is 2.58. The number of phenolic OH excluding ortho intramolecular Hbond substituents is 2. The number of benzene rings is 2. The Bertz CT molecular complexity index is 594. The second-order valence-electron chi connectivity index (χ2n) is 4.10. The van der Waals surface area contributed by atoms with E-state index in [0.29, 0.717) is 11.5 Å². The average molecular weight is 316 g/mol. The van der Waals surface area contributed by atoms with Gasteiger partial charge in [0.05, 0.1) is 20.5 Å². The Morgan fingerprint density at radius 3 is 1.52 bits per heavy atom. The highest BCUT2D eigenvalue weighted by molar-refractivity contribution is 5.38. The van der Waals surface area contributed by atoms with Crippen molar-refractivity contribution in [3.8, 4) is 23.0 Å². The summed E-state index contributed by atoms with van der Waals surface area (Å²) < 4.78 is 9.59. The van der Waals surface area contributed by atoms with E-state index in [4.69, 9.17) is 19.7 Å². The van der Waals surface area contributed by atoms with Crippen molar-refractivity contribution < 1.29 is 19.7 Å². The molecule has 2 aromatic carbocycles. The third-order valence-electron chi connectivity index (χ3n) is 2.58. The quantitative estimate of drug-likeness (QED) is 0.675.